The number of carbonyl (C=O) groups excluding carboxylic acids is 1. The summed E-state index contributed by atoms with van der Waals surface area (Å²) in [5.74, 6) is 0.920. The van der Waals surface area contributed by atoms with Crippen molar-refractivity contribution in [1.29, 1.82) is 0 Å². The van der Waals surface area contributed by atoms with Crippen LogP contribution in [0, 0.1) is 6.92 Å². The standard InChI is InChI=1S/C14H17N3O3/c1-10-16-13(17-20-10)7-8-15-9-11-5-3-4-6-12(11)14(18)19-2/h3-6,15H,7-9H2,1-2H3. The monoisotopic (exact) mass is 275 g/mol. The Hall–Kier alpha value is -2.21. The molecule has 0 unspecified atom stereocenters. The number of hydrogen-bond acceptors (Lipinski definition) is 6. The van der Waals surface area contributed by atoms with Crippen LogP contribution in [0.3, 0.4) is 0 Å². The summed E-state index contributed by atoms with van der Waals surface area (Å²) < 4.78 is 9.65. The van der Waals surface area contributed by atoms with Crippen LogP contribution in [0.2, 0.25) is 0 Å². The third kappa shape index (κ3) is 3.64. The fourth-order valence-corrected chi connectivity index (χ4v) is 1.85. The van der Waals surface area contributed by atoms with Gasteiger partial charge in [0.1, 0.15) is 0 Å². The molecular formula is C14H17N3O3. The normalized spacial score (nSPS) is 10.5. The van der Waals surface area contributed by atoms with Gasteiger partial charge in [0, 0.05) is 26.4 Å². The molecule has 0 radical (unpaired) electrons. The molecule has 0 aliphatic heterocycles. The lowest BCUT2D eigenvalue weighted by atomic mass is 10.1. The number of hydrogen-bond donors (Lipinski definition) is 1. The van der Waals surface area contributed by atoms with Gasteiger partial charge in [0.25, 0.3) is 0 Å². The highest BCUT2D eigenvalue weighted by Gasteiger charge is 2.10. The number of esters is 1. The van der Waals surface area contributed by atoms with E-state index in [1.165, 1.54) is 7.11 Å². The second-order valence-corrected chi connectivity index (χ2v) is 4.31. The molecule has 2 rings (SSSR count). The minimum absolute atomic E-state index is 0.323. The molecule has 1 aromatic carbocycles. The average molecular weight is 275 g/mol. The second-order valence-electron chi connectivity index (χ2n) is 4.31. The fourth-order valence-electron chi connectivity index (χ4n) is 1.85. The lowest BCUT2D eigenvalue weighted by molar-refractivity contribution is 0.0599. The lowest BCUT2D eigenvalue weighted by Gasteiger charge is -2.08. The van der Waals surface area contributed by atoms with E-state index in [4.69, 9.17) is 9.26 Å². The molecule has 6 heteroatoms. The first-order valence-corrected chi connectivity index (χ1v) is 6.37. The molecule has 0 atom stereocenters. The molecule has 1 heterocycles. The van der Waals surface area contributed by atoms with Crippen molar-refractivity contribution in [1.82, 2.24) is 15.5 Å². The molecular weight excluding hydrogens is 258 g/mol. The molecule has 2 aromatic rings. The highest BCUT2D eigenvalue weighted by molar-refractivity contribution is 5.90. The zero-order valence-corrected chi connectivity index (χ0v) is 11.5. The maximum atomic E-state index is 11.6. The van der Waals surface area contributed by atoms with Crippen LogP contribution in [-0.2, 0) is 17.7 Å². The van der Waals surface area contributed by atoms with Gasteiger partial charge in [-0.2, -0.15) is 4.98 Å². The van der Waals surface area contributed by atoms with Gasteiger partial charge in [0.2, 0.25) is 5.89 Å². The van der Waals surface area contributed by atoms with E-state index in [1.807, 2.05) is 18.2 Å². The third-order valence-electron chi connectivity index (χ3n) is 2.83. The summed E-state index contributed by atoms with van der Waals surface area (Å²) in [6.07, 6.45) is 0.678. The van der Waals surface area contributed by atoms with Gasteiger partial charge in [-0.3, -0.25) is 0 Å². The van der Waals surface area contributed by atoms with Crippen molar-refractivity contribution in [2.75, 3.05) is 13.7 Å². The Morgan fingerprint density at radius 2 is 2.20 bits per heavy atom. The summed E-state index contributed by atoms with van der Waals surface area (Å²) in [6.45, 7) is 3.05. The molecule has 0 amide bonds. The quantitative estimate of drug-likeness (QED) is 0.636. The number of carbonyl (C=O) groups is 1. The number of methoxy groups -OCH3 is 1. The van der Waals surface area contributed by atoms with E-state index in [0.29, 0.717) is 36.8 Å². The Bertz CT molecular complexity index is 581. The number of aryl methyl sites for hydroxylation is 1. The molecule has 6 nitrogen and oxygen atoms in total. The SMILES string of the molecule is COC(=O)c1ccccc1CNCCc1noc(C)n1. The molecule has 0 aliphatic rings. The molecule has 1 N–H and O–H groups in total. The molecule has 0 saturated heterocycles. The van der Waals surface area contributed by atoms with Gasteiger partial charge in [0.05, 0.1) is 12.7 Å². The van der Waals surface area contributed by atoms with Gasteiger partial charge in [-0.25, -0.2) is 4.79 Å². The van der Waals surface area contributed by atoms with Crippen molar-refractivity contribution in [3.8, 4) is 0 Å². The highest BCUT2D eigenvalue weighted by atomic mass is 16.5. The van der Waals surface area contributed by atoms with Crippen LogP contribution >= 0.6 is 0 Å². The van der Waals surface area contributed by atoms with Crippen LogP contribution in [0.25, 0.3) is 0 Å². The summed E-state index contributed by atoms with van der Waals surface area (Å²) in [7, 11) is 1.38. The summed E-state index contributed by atoms with van der Waals surface area (Å²) in [4.78, 5) is 15.7. The van der Waals surface area contributed by atoms with Crippen molar-refractivity contribution in [3.05, 3.63) is 47.1 Å². The number of ether oxygens (including phenoxy) is 1. The van der Waals surface area contributed by atoms with Gasteiger partial charge >= 0.3 is 5.97 Å². The molecule has 0 fully saturated rings. The number of aromatic nitrogens is 2. The van der Waals surface area contributed by atoms with Crippen LogP contribution in [0.5, 0.6) is 0 Å². The van der Waals surface area contributed by atoms with E-state index in [0.717, 1.165) is 5.56 Å². The number of nitrogens with zero attached hydrogens (tertiary/aromatic N) is 2. The van der Waals surface area contributed by atoms with E-state index >= 15 is 0 Å². The first-order chi connectivity index (χ1) is 9.70. The van der Waals surface area contributed by atoms with E-state index in [1.54, 1.807) is 13.0 Å². The topological polar surface area (TPSA) is 77.2 Å². The zero-order valence-electron chi connectivity index (χ0n) is 11.5. The Kier molecular flexibility index (Phi) is 4.84. The molecule has 0 spiro atoms. The lowest BCUT2D eigenvalue weighted by Crippen LogP contribution is -2.19. The minimum atomic E-state index is -0.323. The van der Waals surface area contributed by atoms with Gasteiger partial charge in [-0.15, -0.1) is 0 Å². The summed E-state index contributed by atoms with van der Waals surface area (Å²) in [6, 6.07) is 7.37. The average Bonchev–Trinajstić information content (AvgIpc) is 2.89. The van der Waals surface area contributed by atoms with Crippen molar-refractivity contribution < 1.29 is 14.1 Å². The maximum Gasteiger partial charge on any atom is 0.338 e. The van der Waals surface area contributed by atoms with E-state index in [2.05, 4.69) is 15.5 Å². The molecule has 106 valence electrons. The van der Waals surface area contributed by atoms with Gasteiger partial charge in [-0.1, -0.05) is 23.4 Å². The van der Waals surface area contributed by atoms with E-state index in [9.17, 15) is 4.79 Å². The molecule has 0 saturated carbocycles. The summed E-state index contributed by atoms with van der Waals surface area (Å²) in [5, 5.41) is 7.07. The summed E-state index contributed by atoms with van der Waals surface area (Å²) >= 11 is 0. The minimum Gasteiger partial charge on any atom is -0.465 e. The molecule has 0 bridgehead atoms. The van der Waals surface area contributed by atoms with Gasteiger partial charge < -0.3 is 14.6 Å². The van der Waals surface area contributed by atoms with Crippen molar-refractivity contribution in [2.45, 2.75) is 19.9 Å². The smallest absolute Gasteiger partial charge is 0.338 e. The van der Waals surface area contributed by atoms with Crippen LogP contribution in [0.15, 0.2) is 28.8 Å². The zero-order chi connectivity index (χ0) is 14.4. The van der Waals surface area contributed by atoms with Crippen LogP contribution in [0.4, 0.5) is 0 Å². The highest BCUT2D eigenvalue weighted by Crippen LogP contribution is 2.09. The van der Waals surface area contributed by atoms with Crippen molar-refractivity contribution in [3.63, 3.8) is 0 Å². The van der Waals surface area contributed by atoms with Crippen LogP contribution in [-0.4, -0.2) is 29.8 Å². The van der Waals surface area contributed by atoms with Crippen molar-refractivity contribution in [2.24, 2.45) is 0 Å². The number of benzene rings is 1. The number of nitrogens with one attached hydrogen (secondary N) is 1. The fraction of sp³-hybridized carbons (Fsp3) is 0.357. The first kappa shape index (κ1) is 14.2. The predicted molar refractivity (Wildman–Crippen MR) is 72.2 cm³/mol. The number of rotatable bonds is 6. The molecule has 1 aromatic heterocycles. The third-order valence-corrected chi connectivity index (χ3v) is 2.83. The van der Waals surface area contributed by atoms with Gasteiger partial charge in [0.15, 0.2) is 5.82 Å². The van der Waals surface area contributed by atoms with Crippen LogP contribution in [0.1, 0.15) is 27.6 Å². The van der Waals surface area contributed by atoms with Crippen LogP contribution < -0.4 is 5.32 Å². The van der Waals surface area contributed by atoms with E-state index in [-0.39, 0.29) is 5.97 Å². The van der Waals surface area contributed by atoms with Gasteiger partial charge in [-0.05, 0) is 11.6 Å². The second kappa shape index (κ2) is 6.81. The molecule has 20 heavy (non-hydrogen) atoms. The predicted octanol–water partition coefficient (Wildman–Crippen LogP) is 1.50. The Balaban J connectivity index is 1.86. The summed E-state index contributed by atoms with van der Waals surface area (Å²) in [5.41, 5.74) is 1.49. The largest absolute Gasteiger partial charge is 0.465 e. The first-order valence-electron chi connectivity index (χ1n) is 6.37. The van der Waals surface area contributed by atoms with Crippen molar-refractivity contribution >= 4 is 5.97 Å². The Morgan fingerprint density at radius 3 is 2.90 bits per heavy atom. The molecule has 0 aliphatic carbocycles. The van der Waals surface area contributed by atoms with E-state index < -0.39 is 0 Å². The maximum absolute atomic E-state index is 11.6. The Labute approximate surface area is 117 Å². The Morgan fingerprint density at radius 1 is 1.40 bits per heavy atom.